The summed E-state index contributed by atoms with van der Waals surface area (Å²) in [5.41, 5.74) is 1.64. The Morgan fingerprint density at radius 1 is 1.18 bits per heavy atom. The first kappa shape index (κ1) is 19.7. The molecule has 9 heteroatoms. The van der Waals surface area contributed by atoms with Crippen molar-refractivity contribution in [2.24, 2.45) is 0 Å². The number of phenols is 1. The zero-order valence-corrected chi connectivity index (χ0v) is 16.3. The monoisotopic (exact) mass is 418 g/mol. The van der Waals surface area contributed by atoms with Crippen LogP contribution >= 0.6 is 23.2 Å². The maximum absolute atomic E-state index is 11.7. The summed E-state index contributed by atoms with van der Waals surface area (Å²) in [7, 11) is 1.40. The standard InChI is InChI=1S/C19H16Cl2N4O3/c1-28-15-7-14(27)16(20)18(17(15)21)25(11-26)10-12-8-22-19(23-9-12)24-13-5-3-2-4-6-13/h2-9,11,27H,10H2,1H3,(H,22,23,24). The molecule has 1 amide bonds. The molecular weight excluding hydrogens is 403 g/mol. The number of benzene rings is 2. The molecule has 1 aromatic heterocycles. The molecule has 0 atom stereocenters. The van der Waals surface area contributed by atoms with Crippen LogP contribution in [0.5, 0.6) is 11.5 Å². The molecule has 0 saturated carbocycles. The summed E-state index contributed by atoms with van der Waals surface area (Å²) in [5.74, 6) is 0.371. The van der Waals surface area contributed by atoms with E-state index in [1.165, 1.54) is 18.1 Å². The Hall–Kier alpha value is -3.03. The first-order valence-electron chi connectivity index (χ1n) is 8.13. The van der Waals surface area contributed by atoms with Crippen molar-refractivity contribution in [3.05, 3.63) is 64.4 Å². The first-order chi connectivity index (χ1) is 13.5. The van der Waals surface area contributed by atoms with Crippen LogP contribution in [0.1, 0.15) is 5.56 Å². The van der Waals surface area contributed by atoms with Gasteiger partial charge in [0.1, 0.15) is 21.5 Å². The van der Waals surface area contributed by atoms with Crippen LogP contribution in [0.15, 0.2) is 48.8 Å². The Morgan fingerprint density at radius 2 is 1.86 bits per heavy atom. The number of para-hydroxylation sites is 1. The van der Waals surface area contributed by atoms with E-state index in [-0.39, 0.29) is 33.8 Å². The summed E-state index contributed by atoms with van der Waals surface area (Å²) in [6, 6.07) is 10.8. The van der Waals surface area contributed by atoms with E-state index in [9.17, 15) is 9.90 Å². The van der Waals surface area contributed by atoms with Gasteiger partial charge in [-0.2, -0.15) is 0 Å². The van der Waals surface area contributed by atoms with E-state index < -0.39 is 0 Å². The molecule has 0 aliphatic carbocycles. The summed E-state index contributed by atoms with van der Waals surface area (Å²) in [4.78, 5) is 21.4. The molecule has 0 radical (unpaired) electrons. The van der Waals surface area contributed by atoms with Gasteiger partial charge in [-0.3, -0.25) is 4.79 Å². The predicted molar refractivity (Wildman–Crippen MR) is 109 cm³/mol. The van der Waals surface area contributed by atoms with Crippen molar-refractivity contribution in [3.8, 4) is 11.5 Å². The summed E-state index contributed by atoms with van der Waals surface area (Å²) in [6.45, 7) is 0.0984. The summed E-state index contributed by atoms with van der Waals surface area (Å²) >= 11 is 12.4. The lowest BCUT2D eigenvalue weighted by molar-refractivity contribution is -0.107. The van der Waals surface area contributed by atoms with Gasteiger partial charge in [0.05, 0.1) is 19.3 Å². The fourth-order valence-corrected chi connectivity index (χ4v) is 3.14. The Bertz CT molecular complexity index is 969. The van der Waals surface area contributed by atoms with E-state index in [0.717, 1.165) is 5.69 Å². The van der Waals surface area contributed by atoms with Gasteiger partial charge in [0.15, 0.2) is 0 Å². The number of carbonyl (C=O) groups is 1. The highest BCUT2D eigenvalue weighted by atomic mass is 35.5. The van der Waals surface area contributed by atoms with Crippen molar-refractivity contribution < 1.29 is 14.6 Å². The van der Waals surface area contributed by atoms with E-state index in [2.05, 4.69) is 15.3 Å². The lowest BCUT2D eigenvalue weighted by atomic mass is 10.2. The minimum Gasteiger partial charge on any atom is -0.506 e. The summed E-state index contributed by atoms with van der Waals surface area (Å²) in [5, 5.41) is 13.1. The molecule has 0 unspecified atom stereocenters. The molecule has 3 rings (SSSR count). The molecular formula is C19H16Cl2N4O3. The van der Waals surface area contributed by atoms with Gasteiger partial charge in [-0.25, -0.2) is 9.97 Å². The molecule has 2 aromatic carbocycles. The highest BCUT2D eigenvalue weighted by Crippen LogP contribution is 2.45. The number of nitrogens with zero attached hydrogens (tertiary/aromatic N) is 3. The largest absolute Gasteiger partial charge is 0.506 e. The van der Waals surface area contributed by atoms with Crippen LogP contribution in [0.25, 0.3) is 0 Å². The fraction of sp³-hybridized carbons (Fsp3) is 0.105. The van der Waals surface area contributed by atoms with E-state index in [1.807, 2.05) is 30.3 Å². The number of halogens is 2. The van der Waals surface area contributed by atoms with Gasteiger partial charge >= 0.3 is 0 Å². The van der Waals surface area contributed by atoms with Gasteiger partial charge < -0.3 is 20.1 Å². The van der Waals surface area contributed by atoms with Crippen LogP contribution in [-0.4, -0.2) is 28.6 Å². The number of methoxy groups -OCH3 is 1. The van der Waals surface area contributed by atoms with Crippen LogP contribution in [0.4, 0.5) is 17.3 Å². The average molecular weight is 419 g/mol. The fourth-order valence-electron chi connectivity index (χ4n) is 2.50. The van der Waals surface area contributed by atoms with Crippen LogP contribution in [0, 0.1) is 0 Å². The minimum atomic E-state index is -0.247. The molecule has 0 spiro atoms. The summed E-state index contributed by atoms with van der Waals surface area (Å²) in [6.07, 6.45) is 3.72. The number of amides is 1. The van der Waals surface area contributed by atoms with Gasteiger partial charge in [-0.05, 0) is 12.1 Å². The quantitative estimate of drug-likeness (QED) is 0.552. The number of nitrogens with one attached hydrogen (secondary N) is 1. The molecule has 2 N–H and O–H groups in total. The minimum absolute atomic E-state index is 0.0545. The smallest absolute Gasteiger partial charge is 0.227 e. The van der Waals surface area contributed by atoms with Crippen molar-refractivity contribution in [1.29, 1.82) is 0 Å². The first-order valence-corrected chi connectivity index (χ1v) is 8.89. The molecule has 0 bridgehead atoms. The molecule has 28 heavy (non-hydrogen) atoms. The molecule has 144 valence electrons. The number of carbonyl (C=O) groups excluding carboxylic acids is 1. The molecule has 3 aromatic rings. The number of hydrogen-bond acceptors (Lipinski definition) is 6. The van der Waals surface area contributed by atoms with Crippen molar-refractivity contribution in [3.63, 3.8) is 0 Å². The number of ether oxygens (including phenoxy) is 1. The van der Waals surface area contributed by atoms with Crippen molar-refractivity contribution in [2.75, 3.05) is 17.3 Å². The van der Waals surface area contributed by atoms with Gasteiger partial charge in [-0.1, -0.05) is 41.4 Å². The Labute approximate surface area is 171 Å². The molecule has 0 saturated heterocycles. The van der Waals surface area contributed by atoms with Gasteiger partial charge in [0.25, 0.3) is 0 Å². The zero-order chi connectivity index (χ0) is 20.1. The Morgan fingerprint density at radius 3 is 2.46 bits per heavy atom. The van der Waals surface area contributed by atoms with E-state index in [1.54, 1.807) is 12.4 Å². The van der Waals surface area contributed by atoms with Crippen LogP contribution in [-0.2, 0) is 11.3 Å². The van der Waals surface area contributed by atoms with Crippen molar-refractivity contribution in [1.82, 2.24) is 9.97 Å². The molecule has 1 heterocycles. The lowest BCUT2D eigenvalue weighted by Gasteiger charge is -2.22. The van der Waals surface area contributed by atoms with Gasteiger partial charge in [-0.15, -0.1) is 0 Å². The third-order valence-corrected chi connectivity index (χ3v) is 4.59. The molecule has 0 aliphatic rings. The predicted octanol–water partition coefficient (Wildman–Crippen LogP) is 4.40. The van der Waals surface area contributed by atoms with Gasteiger partial charge in [0, 0.05) is 29.7 Å². The maximum atomic E-state index is 11.7. The normalized spacial score (nSPS) is 10.4. The molecule has 0 aliphatic heterocycles. The highest BCUT2D eigenvalue weighted by molar-refractivity contribution is 6.41. The van der Waals surface area contributed by atoms with E-state index >= 15 is 0 Å². The maximum Gasteiger partial charge on any atom is 0.227 e. The van der Waals surface area contributed by atoms with Crippen molar-refractivity contribution >= 4 is 46.9 Å². The van der Waals surface area contributed by atoms with Gasteiger partial charge in [0.2, 0.25) is 12.4 Å². The van der Waals surface area contributed by atoms with Crippen LogP contribution in [0.2, 0.25) is 10.0 Å². The highest BCUT2D eigenvalue weighted by Gasteiger charge is 2.21. The number of hydrogen-bond donors (Lipinski definition) is 2. The Kier molecular flexibility index (Phi) is 6.18. The SMILES string of the molecule is COc1cc(O)c(Cl)c(N(C=O)Cc2cnc(Nc3ccccc3)nc2)c1Cl. The number of phenolic OH excluding ortho intramolecular Hbond substituents is 1. The van der Waals surface area contributed by atoms with Crippen LogP contribution in [0.3, 0.4) is 0 Å². The Balaban J connectivity index is 1.82. The summed E-state index contributed by atoms with van der Waals surface area (Å²) < 4.78 is 5.11. The van der Waals surface area contributed by atoms with E-state index in [4.69, 9.17) is 27.9 Å². The second-order valence-electron chi connectivity index (χ2n) is 5.71. The average Bonchev–Trinajstić information content (AvgIpc) is 2.72. The van der Waals surface area contributed by atoms with Crippen molar-refractivity contribution in [2.45, 2.75) is 6.54 Å². The third-order valence-electron chi connectivity index (χ3n) is 3.85. The molecule has 7 nitrogen and oxygen atoms in total. The number of aromatic nitrogens is 2. The number of anilines is 3. The number of rotatable bonds is 7. The second-order valence-corrected chi connectivity index (χ2v) is 6.47. The topological polar surface area (TPSA) is 87.6 Å². The van der Waals surface area contributed by atoms with Crippen LogP contribution < -0.4 is 15.0 Å². The number of aromatic hydroxyl groups is 1. The second kappa shape index (κ2) is 8.77. The van der Waals surface area contributed by atoms with E-state index in [0.29, 0.717) is 17.9 Å². The lowest BCUT2D eigenvalue weighted by Crippen LogP contribution is -2.21. The molecule has 0 fully saturated rings. The zero-order valence-electron chi connectivity index (χ0n) is 14.8. The third kappa shape index (κ3) is 4.27.